The van der Waals surface area contributed by atoms with Crippen molar-refractivity contribution >= 4 is 17.4 Å². The van der Waals surface area contributed by atoms with Gasteiger partial charge in [-0.2, -0.15) is 0 Å². The average molecular weight is 408 g/mol. The van der Waals surface area contributed by atoms with Gasteiger partial charge in [0.05, 0.1) is 11.6 Å². The number of hydrogen-bond donors (Lipinski definition) is 1. The molecule has 1 amide bonds. The summed E-state index contributed by atoms with van der Waals surface area (Å²) >= 11 is 0. The Balaban J connectivity index is 1.81. The number of amides is 1. The number of likely N-dealkylation sites (N-methyl/N-ethyl adjacent to an activating group) is 1. The number of ether oxygens (including phenoxy) is 2. The smallest absolute Gasteiger partial charge is 0.295 e. The summed E-state index contributed by atoms with van der Waals surface area (Å²) in [5.41, 5.74) is 1.27. The van der Waals surface area contributed by atoms with E-state index in [1.807, 2.05) is 49.3 Å². The van der Waals surface area contributed by atoms with E-state index in [0.717, 1.165) is 5.56 Å². The zero-order valence-electron chi connectivity index (χ0n) is 17.0. The standard InChI is InChI=1S/C23H24N2O5/c1-24(2)10-11-25-20(15-6-4-3-5-7-15)19(22(27)23(25)28)21(26)16-8-9-17-18(14-16)30-13-12-29-17/h3-9,14,20,26H,10-13H2,1-2H3/t20-/m0/s1. The molecular weight excluding hydrogens is 384 g/mol. The molecule has 0 radical (unpaired) electrons. The summed E-state index contributed by atoms with van der Waals surface area (Å²) in [6.07, 6.45) is 0. The van der Waals surface area contributed by atoms with Crippen LogP contribution in [0.5, 0.6) is 11.5 Å². The van der Waals surface area contributed by atoms with Gasteiger partial charge in [0, 0.05) is 18.7 Å². The monoisotopic (exact) mass is 408 g/mol. The van der Waals surface area contributed by atoms with Gasteiger partial charge in [-0.25, -0.2) is 0 Å². The average Bonchev–Trinajstić information content (AvgIpc) is 3.02. The Kier molecular flexibility index (Phi) is 5.46. The van der Waals surface area contributed by atoms with Crippen LogP contribution in [0.3, 0.4) is 0 Å². The molecule has 0 bridgehead atoms. The molecular formula is C23H24N2O5. The minimum absolute atomic E-state index is 0.0848. The maximum Gasteiger partial charge on any atom is 0.295 e. The van der Waals surface area contributed by atoms with Crippen LogP contribution in [0.4, 0.5) is 0 Å². The highest BCUT2D eigenvalue weighted by Gasteiger charge is 2.45. The highest BCUT2D eigenvalue weighted by Crippen LogP contribution is 2.40. The minimum atomic E-state index is -0.685. The lowest BCUT2D eigenvalue weighted by Gasteiger charge is -2.26. The van der Waals surface area contributed by atoms with E-state index in [1.54, 1.807) is 18.2 Å². The second kappa shape index (κ2) is 8.20. The molecule has 0 saturated carbocycles. The number of carbonyl (C=O) groups excluding carboxylic acids is 2. The zero-order chi connectivity index (χ0) is 21.3. The van der Waals surface area contributed by atoms with Gasteiger partial charge in [-0.15, -0.1) is 0 Å². The van der Waals surface area contributed by atoms with Crippen LogP contribution in [-0.4, -0.2) is 67.0 Å². The number of carbonyl (C=O) groups is 2. The van der Waals surface area contributed by atoms with Crippen LogP contribution in [0.15, 0.2) is 54.1 Å². The maximum absolute atomic E-state index is 13.0. The van der Waals surface area contributed by atoms with Crippen molar-refractivity contribution in [2.24, 2.45) is 0 Å². The zero-order valence-corrected chi connectivity index (χ0v) is 17.0. The van der Waals surface area contributed by atoms with Gasteiger partial charge in [0.15, 0.2) is 11.5 Å². The number of hydrogen-bond acceptors (Lipinski definition) is 6. The first kappa shape index (κ1) is 20.0. The number of likely N-dealkylation sites (tertiary alicyclic amines) is 1. The summed E-state index contributed by atoms with van der Waals surface area (Å²) in [6, 6.07) is 13.6. The second-order valence-corrected chi connectivity index (χ2v) is 7.56. The summed E-state index contributed by atoms with van der Waals surface area (Å²) in [5.74, 6) is -0.418. The Bertz CT molecular complexity index is 1000. The molecule has 7 heteroatoms. The molecule has 4 rings (SSSR count). The van der Waals surface area contributed by atoms with Gasteiger partial charge in [0.1, 0.15) is 19.0 Å². The van der Waals surface area contributed by atoms with Crippen molar-refractivity contribution in [3.63, 3.8) is 0 Å². The molecule has 0 spiro atoms. The summed E-state index contributed by atoms with van der Waals surface area (Å²) in [4.78, 5) is 29.3. The molecule has 30 heavy (non-hydrogen) atoms. The summed E-state index contributed by atoms with van der Waals surface area (Å²) < 4.78 is 11.1. The fourth-order valence-electron chi connectivity index (χ4n) is 3.75. The van der Waals surface area contributed by atoms with Crippen LogP contribution in [0.1, 0.15) is 17.2 Å². The predicted molar refractivity (Wildman–Crippen MR) is 111 cm³/mol. The number of aliphatic hydroxyl groups excluding tert-OH is 1. The molecule has 1 saturated heterocycles. The first-order chi connectivity index (χ1) is 14.5. The van der Waals surface area contributed by atoms with Gasteiger partial charge in [0.2, 0.25) is 0 Å². The van der Waals surface area contributed by atoms with E-state index in [-0.39, 0.29) is 11.3 Å². The summed E-state index contributed by atoms with van der Waals surface area (Å²) in [6.45, 7) is 1.84. The SMILES string of the molecule is CN(C)CCN1C(=O)C(=O)C(=C(O)c2ccc3c(c2)OCCO3)[C@@H]1c1ccccc1. The molecule has 0 aromatic heterocycles. The Labute approximate surface area is 175 Å². The molecule has 7 nitrogen and oxygen atoms in total. The molecule has 2 aromatic carbocycles. The first-order valence-corrected chi connectivity index (χ1v) is 9.85. The quantitative estimate of drug-likeness (QED) is 0.465. The van der Waals surface area contributed by atoms with Gasteiger partial charge in [-0.05, 0) is 37.9 Å². The van der Waals surface area contributed by atoms with Crippen LogP contribution in [0, 0.1) is 0 Å². The summed E-state index contributed by atoms with van der Waals surface area (Å²) in [7, 11) is 3.81. The number of benzene rings is 2. The number of nitrogens with zero attached hydrogens (tertiary/aromatic N) is 2. The van der Waals surface area contributed by atoms with Gasteiger partial charge in [-0.1, -0.05) is 30.3 Å². The van der Waals surface area contributed by atoms with Crippen molar-refractivity contribution in [3.05, 3.63) is 65.2 Å². The number of ketones is 1. The van der Waals surface area contributed by atoms with Gasteiger partial charge >= 0.3 is 0 Å². The first-order valence-electron chi connectivity index (χ1n) is 9.85. The van der Waals surface area contributed by atoms with Gasteiger partial charge < -0.3 is 24.4 Å². The number of Topliss-reactive ketones (excluding diaryl/α,β-unsaturated/α-hetero) is 1. The molecule has 2 aliphatic rings. The molecule has 0 aliphatic carbocycles. The Morgan fingerprint density at radius 3 is 2.47 bits per heavy atom. The van der Waals surface area contributed by atoms with E-state index in [2.05, 4.69) is 0 Å². The fourth-order valence-corrected chi connectivity index (χ4v) is 3.75. The molecule has 1 N–H and O–H groups in total. The molecule has 1 atom stereocenters. The van der Waals surface area contributed by atoms with Crippen LogP contribution in [0.25, 0.3) is 5.76 Å². The lowest BCUT2D eigenvalue weighted by Crippen LogP contribution is -2.35. The molecule has 1 fully saturated rings. The predicted octanol–water partition coefficient (Wildman–Crippen LogP) is 2.44. The van der Waals surface area contributed by atoms with Crippen molar-refractivity contribution in [3.8, 4) is 11.5 Å². The van der Waals surface area contributed by atoms with Crippen molar-refractivity contribution in [2.45, 2.75) is 6.04 Å². The van der Waals surface area contributed by atoms with Crippen molar-refractivity contribution < 1.29 is 24.2 Å². The maximum atomic E-state index is 13.0. The number of fused-ring (bicyclic) bond motifs is 1. The highest BCUT2D eigenvalue weighted by molar-refractivity contribution is 6.46. The van der Waals surface area contributed by atoms with E-state index in [9.17, 15) is 14.7 Å². The third kappa shape index (κ3) is 3.64. The Morgan fingerprint density at radius 1 is 1.07 bits per heavy atom. The van der Waals surface area contributed by atoms with Gasteiger partial charge in [-0.3, -0.25) is 9.59 Å². The lowest BCUT2D eigenvalue weighted by atomic mass is 9.95. The highest BCUT2D eigenvalue weighted by atomic mass is 16.6. The van der Waals surface area contributed by atoms with E-state index in [1.165, 1.54) is 4.90 Å². The van der Waals surface area contributed by atoms with Crippen LogP contribution >= 0.6 is 0 Å². The van der Waals surface area contributed by atoms with E-state index < -0.39 is 17.7 Å². The third-order valence-corrected chi connectivity index (χ3v) is 5.26. The molecule has 0 unspecified atom stereocenters. The topological polar surface area (TPSA) is 79.3 Å². The summed E-state index contributed by atoms with van der Waals surface area (Å²) in [5, 5.41) is 11.1. The number of rotatable bonds is 5. The van der Waals surface area contributed by atoms with E-state index in [0.29, 0.717) is 43.4 Å². The molecule has 2 heterocycles. The second-order valence-electron chi connectivity index (χ2n) is 7.56. The Morgan fingerprint density at radius 2 is 1.77 bits per heavy atom. The number of aliphatic hydroxyl groups is 1. The van der Waals surface area contributed by atoms with E-state index in [4.69, 9.17) is 9.47 Å². The third-order valence-electron chi connectivity index (χ3n) is 5.26. The normalized spacial score (nSPS) is 20.1. The van der Waals surface area contributed by atoms with Crippen LogP contribution in [-0.2, 0) is 9.59 Å². The van der Waals surface area contributed by atoms with Crippen LogP contribution < -0.4 is 9.47 Å². The Hall–Kier alpha value is -3.32. The molecule has 2 aromatic rings. The van der Waals surface area contributed by atoms with Crippen molar-refractivity contribution in [1.82, 2.24) is 9.80 Å². The van der Waals surface area contributed by atoms with Crippen molar-refractivity contribution in [1.29, 1.82) is 0 Å². The lowest BCUT2D eigenvalue weighted by molar-refractivity contribution is -0.140. The largest absolute Gasteiger partial charge is 0.507 e. The fraction of sp³-hybridized carbons (Fsp3) is 0.304. The molecule has 2 aliphatic heterocycles. The molecule has 156 valence electrons. The van der Waals surface area contributed by atoms with Crippen molar-refractivity contribution in [2.75, 3.05) is 40.4 Å². The van der Waals surface area contributed by atoms with Crippen LogP contribution in [0.2, 0.25) is 0 Å². The van der Waals surface area contributed by atoms with Gasteiger partial charge in [0.25, 0.3) is 11.7 Å². The van der Waals surface area contributed by atoms with E-state index >= 15 is 0 Å². The minimum Gasteiger partial charge on any atom is -0.507 e.